The molecule has 3 rings (SSSR count). The summed E-state index contributed by atoms with van der Waals surface area (Å²) in [5.41, 5.74) is 0.788. The van der Waals surface area contributed by atoms with Crippen LogP contribution in [0.5, 0.6) is 0 Å². The van der Waals surface area contributed by atoms with Gasteiger partial charge in [-0.25, -0.2) is 4.98 Å². The van der Waals surface area contributed by atoms with Crippen molar-refractivity contribution in [2.75, 3.05) is 0 Å². The minimum atomic E-state index is -0.677. The van der Waals surface area contributed by atoms with Gasteiger partial charge in [-0.15, -0.1) is 0 Å². The van der Waals surface area contributed by atoms with Gasteiger partial charge in [0.25, 0.3) is 11.6 Å². The molecule has 0 unspecified atom stereocenters. The van der Waals surface area contributed by atoms with Crippen LogP contribution in [-0.2, 0) is 5.41 Å². The zero-order chi connectivity index (χ0) is 13.8. The Morgan fingerprint density at radius 2 is 1.84 bits per heavy atom. The van der Waals surface area contributed by atoms with Gasteiger partial charge < -0.3 is 4.42 Å². The van der Waals surface area contributed by atoms with Crippen molar-refractivity contribution in [2.24, 2.45) is 0 Å². The molecular formula is C14H12N2O3. The fraction of sp³-hybridized carbons (Fsp3) is 0.286. The second-order valence-electron chi connectivity index (χ2n) is 5.50. The summed E-state index contributed by atoms with van der Waals surface area (Å²) in [6, 6.07) is 3.43. The van der Waals surface area contributed by atoms with Crippen molar-refractivity contribution in [2.45, 2.75) is 26.2 Å². The molecule has 0 fully saturated rings. The molecule has 5 heteroatoms. The van der Waals surface area contributed by atoms with E-state index in [0.717, 1.165) is 0 Å². The Labute approximate surface area is 109 Å². The molecule has 96 valence electrons. The highest BCUT2D eigenvalue weighted by atomic mass is 16.4. The molecule has 2 aromatic rings. The van der Waals surface area contributed by atoms with Gasteiger partial charge in [0.15, 0.2) is 0 Å². The largest absolute Gasteiger partial charge is 0.436 e. The van der Waals surface area contributed by atoms with E-state index < -0.39 is 11.6 Å². The summed E-state index contributed by atoms with van der Waals surface area (Å²) >= 11 is 0. The van der Waals surface area contributed by atoms with Crippen molar-refractivity contribution < 1.29 is 14.0 Å². The van der Waals surface area contributed by atoms with E-state index in [9.17, 15) is 9.59 Å². The zero-order valence-electron chi connectivity index (χ0n) is 10.9. The molecule has 0 saturated heterocycles. The summed E-state index contributed by atoms with van der Waals surface area (Å²) < 4.78 is 5.50. The van der Waals surface area contributed by atoms with Crippen molar-refractivity contribution >= 4 is 11.6 Å². The summed E-state index contributed by atoms with van der Waals surface area (Å²) in [5.74, 6) is -0.852. The lowest BCUT2D eigenvalue weighted by Gasteiger charge is -2.11. The topological polar surface area (TPSA) is 73.1 Å². The first-order valence-corrected chi connectivity index (χ1v) is 5.95. The molecule has 5 nitrogen and oxygen atoms in total. The summed E-state index contributed by atoms with van der Waals surface area (Å²) in [5, 5.41) is 0. The normalized spacial score (nSPS) is 14.3. The molecule has 0 spiro atoms. The molecule has 1 aliphatic rings. The average molecular weight is 256 g/mol. The highest BCUT2D eigenvalue weighted by Gasteiger charge is 2.38. The van der Waals surface area contributed by atoms with Crippen LogP contribution in [0.2, 0.25) is 0 Å². The Hall–Kier alpha value is -2.30. The first-order chi connectivity index (χ1) is 8.89. The molecular weight excluding hydrogens is 244 g/mol. The summed E-state index contributed by atoms with van der Waals surface area (Å²) in [6.07, 6.45) is 1.49. The highest BCUT2D eigenvalue weighted by molar-refractivity contribution is 6.51. The number of pyridine rings is 1. The molecule has 0 atom stereocenters. The predicted octanol–water partition coefficient (Wildman–Crippen LogP) is 2.41. The molecule has 1 aliphatic carbocycles. The maximum absolute atomic E-state index is 12.0. The fourth-order valence-electron chi connectivity index (χ4n) is 1.97. The smallest absolute Gasteiger partial charge is 0.272 e. The van der Waals surface area contributed by atoms with Gasteiger partial charge in [-0.3, -0.25) is 14.6 Å². The van der Waals surface area contributed by atoms with E-state index in [1.165, 1.54) is 6.20 Å². The molecule has 2 heterocycles. The molecule has 0 amide bonds. The van der Waals surface area contributed by atoms with Crippen LogP contribution in [0.1, 0.15) is 47.7 Å². The number of hydrogen-bond donors (Lipinski definition) is 0. The maximum atomic E-state index is 12.0. The predicted molar refractivity (Wildman–Crippen MR) is 67.1 cm³/mol. The van der Waals surface area contributed by atoms with Gasteiger partial charge in [0.05, 0.1) is 0 Å². The van der Waals surface area contributed by atoms with Crippen molar-refractivity contribution in [1.82, 2.24) is 9.97 Å². The van der Waals surface area contributed by atoms with Gasteiger partial charge in [-0.2, -0.15) is 0 Å². The van der Waals surface area contributed by atoms with Crippen LogP contribution in [0.25, 0.3) is 11.3 Å². The van der Waals surface area contributed by atoms with Crippen molar-refractivity contribution in [1.29, 1.82) is 0 Å². The van der Waals surface area contributed by atoms with Gasteiger partial charge in [0.1, 0.15) is 11.4 Å². The number of fused-ring (bicyclic) bond motifs is 3. The van der Waals surface area contributed by atoms with Crippen LogP contribution >= 0.6 is 0 Å². The van der Waals surface area contributed by atoms with E-state index in [-0.39, 0.29) is 16.9 Å². The molecule has 0 N–H and O–H groups in total. The molecule has 19 heavy (non-hydrogen) atoms. The van der Waals surface area contributed by atoms with E-state index in [1.807, 2.05) is 20.8 Å². The second-order valence-corrected chi connectivity index (χ2v) is 5.50. The number of ketones is 2. The number of aromatic nitrogens is 2. The van der Waals surface area contributed by atoms with Crippen molar-refractivity contribution in [3.8, 4) is 11.3 Å². The van der Waals surface area contributed by atoms with Crippen LogP contribution in [0.15, 0.2) is 22.7 Å². The maximum Gasteiger partial charge on any atom is 0.272 e. The molecule has 0 bridgehead atoms. The Bertz CT molecular complexity index is 708. The van der Waals surface area contributed by atoms with E-state index in [1.54, 1.807) is 12.1 Å². The Morgan fingerprint density at radius 1 is 1.11 bits per heavy atom. The third kappa shape index (κ3) is 1.62. The van der Waals surface area contributed by atoms with Gasteiger partial charge in [-0.05, 0) is 12.1 Å². The quantitative estimate of drug-likeness (QED) is 0.677. The van der Waals surface area contributed by atoms with Crippen LogP contribution in [0.3, 0.4) is 0 Å². The van der Waals surface area contributed by atoms with E-state index in [4.69, 9.17) is 4.42 Å². The fourth-order valence-corrected chi connectivity index (χ4v) is 1.97. The Kier molecular flexibility index (Phi) is 2.23. The van der Waals surface area contributed by atoms with E-state index >= 15 is 0 Å². The van der Waals surface area contributed by atoms with Crippen LogP contribution in [0, 0.1) is 0 Å². The molecule has 0 aromatic carbocycles. The minimum absolute atomic E-state index is 0.0235. The number of carbonyl (C=O) groups excluding carboxylic acids is 2. The number of oxazole rings is 1. The Balaban J connectivity index is 2.30. The van der Waals surface area contributed by atoms with E-state index in [2.05, 4.69) is 9.97 Å². The van der Waals surface area contributed by atoms with Crippen molar-refractivity contribution in [3.05, 3.63) is 35.7 Å². The summed E-state index contributed by atoms with van der Waals surface area (Å²) in [7, 11) is 0. The monoisotopic (exact) mass is 256 g/mol. The third-order valence-electron chi connectivity index (χ3n) is 2.96. The zero-order valence-corrected chi connectivity index (χ0v) is 10.9. The lowest BCUT2D eigenvalue weighted by molar-refractivity contribution is 0.0794. The van der Waals surface area contributed by atoms with Crippen LogP contribution < -0.4 is 0 Å². The first-order valence-electron chi connectivity index (χ1n) is 5.95. The number of nitrogens with zero attached hydrogens (tertiary/aromatic N) is 2. The number of Topliss-reactive ketones (excluding diaryl/α,β-unsaturated/α-hetero) is 2. The minimum Gasteiger partial charge on any atom is -0.436 e. The SMILES string of the molecule is CC(C)(C)c1nc2c(o1)C(=O)C(=O)c1ncccc1-2. The molecule has 0 radical (unpaired) electrons. The van der Waals surface area contributed by atoms with Crippen molar-refractivity contribution in [3.63, 3.8) is 0 Å². The average Bonchev–Trinajstić information content (AvgIpc) is 2.81. The molecule has 0 aliphatic heterocycles. The number of carbonyl (C=O) groups is 2. The van der Waals surface area contributed by atoms with Gasteiger partial charge >= 0.3 is 0 Å². The molecule has 0 saturated carbocycles. The van der Waals surface area contributed by atoms with Crippen LogP contribution in [-0.4, -0.2) is 21.5 Å². The highest BCUT2D eigenvalue weighted by Crippen LogP contribution is 2.35. The lowest BCUT2D eigenvalue weighted by atomic mass is 9.95. The van der Waals surface area contributed by atoms with Gasteiger partial charge in [-0.1, -0.05) is 20.8 Å². The lowest BCUT2D eigenvalue weighted by Crippen LogP contribution is -2.21. The van der Waals surface area contributed by atoms with Crippen LogP contribution in [0.4, 0.5) is 0 Å². The number of hydrogen-bond acceptors (Lipinski definition) is 5. The summed E-state index contributed by atoms with van der Waals surface area (Å²) in [6.45, 7) is 5.79. The van der Waals surface area contributed by atoms with Gasteiger partial charge in [0, 0.05) is 17.2 Å². The molecule has 2 aromatic heterocycles. The second kappa shape index (κ2) is 3.60. The van der Waals surface area contributed by atoms with E-state index in [0.29, 0.717) is 17.1 Å². The first kappa shape index (κ1) is 11.8. The standard InChI is InChI=1S/C14H12N2O3/c1-14(2,3)13-16-9-7-5-4-6-15-8(7)10(17)11(18)12(9)19-13/h4-6H,1-3H3. The summed E-state index contributed by atoms with van der Waals surface area (Å²) in [4.78, 5) is 32.3. The van der Waals surface area contributed by atoms with Gasteiger partial charge in [0.2, 0.25) is 11.7 Å². The number of rotatable bonds is 0. The Morgan fingerprint density at radius 3 is 2.53 bits per heavy atom. The third-order valence-corrected chi connectivity index (χ3v) is 2.96.